The van der Waals surface area contributed by atoms with Crippen molar-refractivity contribution < 1.29 is 19.1 Å². The second kappa shape index (κ2) is 10.2. The molecule has 1 aromatic rings. The van der Waals surface area contributed by atoms with Gasteiger partial charge < -0.3 is 20.7 Å². The van der Waals surface area contributed by atoms with Gasteiger partial charge in [-0.05, 0) is 31.1 Å². The van der Waals surface area contributed by atoms with E-state index >= 15 is 0 Å². The van der Waals surface area contributed by atoms with E-state index in [0.717, 1.165) is 5.57 Å². The molecule has 0 spiro atoms. The molecule has 0 aromatic heterocycles. The van der Waals surface area contributed by atoms with Crippen LogP contribution in [0.3, 0.4) is 0 Å². The lowest BCUT2D eigenvalue weighted by Gasteiger charge is -2.18. The van der Waals surface area contributed by atoms with E-state index in [2.05, 4.69) is 16.0 Å². The number of carbonyl (C=O) groups is 3. The lowest BCUT2D eigenvalue weighted by molar-refractivity contribution is -0.129. The molecule has 0 heterocycles. The van der Waals surface area contributed by atoms with E-state index in [0.29, 0.717) is 18.7 Å². The molecule has 2 rings (SSSR count). The summed E-state index contributed by atoms with van der Waals surface area (Å²) < 4.78 is 5.35. The Balaban J connectivity index is 1.68. The minimum Gasteiger partial charge on any atom is -0.484 e. The molecule has 2 atom stereocenters. The zero-order chi connectivity index (χ0) is 19.6. The number of ether oxygens (including phenoxy) is 1. The molecule has 1 aromatic carbocycles. The standard InChI is InChI=1S/C20H25N3O4/c1-14(22-19(25)13-27-18-6-4-3-5-7-18)20(26)21-12-16-8-10-17(11-9-16)23-15(2)24/h3-10,14,17H,11-13H2,1-2H3,(H,21,26)(H,22,25)(H,23,24). The van der Waals surface area contributed by atoms with Crippen LogP contribution in [0, 0.1) is 0 Å². The van der Waals surface area contributed by atoms with E-state index in [-0.39, 0.29) is 30.4 Å². The summed E-state index contributed by atoms with van der Waals surface area (Å²) in [7, 11) is 0. The second-order valence-corrected chi connectivity index (χ2v) is 6.29. The Labute approximate surface area is 158 Å². The molecule has 0 radical (unpaired) electrons. The molecule has 0 bridgehead atoms. The van der Waals surface area contributed by atoms with Crippen molar-refractivity contribution in [2.45, 2.75) is 32.4 Å². The van der Waals surface area contributed by atoms with Crippen LogP contribution in [0.25, 0.3) is 0 Å². The highest BCUT2D eigenvalue weighted by Gasteiger charge is 2.16. The predicted octanol–water partition coefficient (Wildman–Crippen LogP) is 1.08. The Morgan fingerprint density at radius 2 is 1.96 bits per heavy atom. The van der Waals surface area contributed by atoms with Gasteiger partial charge in [0, 0.05) is 13.5 Å². The van der Waals surface area contributed by atoms with Crippen LogP contribution in [0.5, 0.6) is 5.75 Å². The number of nitrogens with one attached hydrogen (secondary N) is 3. The Morgan fingerprint density at radius 1 is 1.22 bits per heavy atom. The second-order valence-electron chi connectivity index (χ2n) is 6.29. The van der Waals surface area contributed by atoms with Crippen LogP contribution in [0.1, 0.15) is 20.3 Å². The summed E-state index contributed by atoms with van der Waals surface area (Å²) in [5.41, 5.74) is 0.955. The summed E-state index contributed by atoms with van der Waals surface area (Å²) in [5.74, 6) is -0.119. The average molecular weight is 371 g/mol. The third-order valence-corrected chi connectivity index (χ3v) is 3.92. The van der Waals surface area contributed by atoms with Crippen LogP contribution in [-0.2, 0) is 14.4 Å². The first-order valence-corrected chi connectivity index (χ1v) is 8.83. The van der Waals surface area contributed by atoms with E-state index in [1.807, 2.05) is 36.4 Å². The van der Waals surface area contributed by atoms with E-state index in [1.54, 1.807) is 19.1 Å². The monoisotopic (exact) mass is 371 g/mol. The van der Waals surface area contributed by atoms with Crippen molar-refractivity contribution in [1.29, 1.82) is 0 Å². The van der Waals surface area contributed by atoms with Crippen LogP contribution in [0.2, 0.25) is 0 Å². The van der Waals surface area contributed by atoms with Gasteiger partial charge in [0.25, 0.3) is 5.91 Å². The first-order valence-electron chi connectivity index (χ1n) is 8.83. The summed E-state index contributed by atoms with van der Waals surface area (Å²) in [6, 6.07) is 8.32. The van der Waals surface area contributed by atoms with Crippen LogP contribution in [-0.4, -0.2) is 43.0 Å². The molecule has 3 amide bonds. The SMILES string of the molecule is CC(=O)NC1C=CC(CNC(=O)C(C)NC(=O)COc2ccccc2)=CC1. The van der Waals surface area contributed by atoms with Crippen molar-refractivity contribution >= 4 is 17.7 Å². The molecule has 7 nitrogen and oxygen atoms in total. The number of carbonyl (C=O) groups excluding carboxylic acids is 3. The fourth-order valence-electron chi connectivity index (χ4n) is 2.52. The molecule has 0 saturated carbocycles. The first kappa shape index (κ1) is 20.2. The molecule has 0 fully saturated rings. The molecule has 27 heavy (non-hydrogen) atoms. The average Bonchev–Trinajstić information content (AvgIpc) is 2.66. The highest BCUT2D eigenvalue weighted by Crippen LogP contribution is 2.10. The Kier molecular flexibility index (Phi) is 7.61. The number of amides is 3. The third kappa shape index (κ3) is 7.35. The fraction of sp³-hybridized carbons (Fsp3) is 0.350. The van der Waals surface area contributed by atoms with E-state index < -0.39 is 6.04 Å². The third-order valence-electron chi connectivity index (χ3n) is 3.92. The maximum absolute atomic E-state index is 12.1. The van der Waals surface area contributed by atoms with E-state index in [1.165, 1.54) is 6.92 Å². The van der Waals surface area contributed by atoms with E-state index in [4.69, 9.17) is 4.74 Å². The molecule has 1 aliphatic carbocycles. The van der Waals surface area contributed by atoms with Crippen molar-refractivity contribution in [2.24, 2.45) is 0 Å². The predicted molar refractivity (Wildman–Crippen MR) is 102 cm³/mol. The Hall–Kier alpha value is -3.09. The van der Waals surface area contributed by atoms with Gasteiger partial charge in [0.05, 0.1) is 6.04 Å². The quantitative estimate of drug-likeness (QED) is 0.637. The molecule has 144 valence electrons. The van der Waals surface area contributed by atoms with Gasteiger partial charge >= 0.3 is 0 Å². The van der Waals surface area contributed by atoms with Crippen LogP contribution >= 0.6 is 0 Å². The Bertz CT molecular complexity index is 728. The van der Waals surface area contributed by atoms with Gasteiger partial charge in [0.1, 0.15) is 11.8 Å². The largest absolute Gasteiger partial charge is 0.484 e. The molecular formula is C20H25N3O4. The van der Waals surface area contributed by atoms with Crippen LogP contribution < -0.4 is 20.7 Å². The molecule has 1 aliphatic rings. The van der Waals surface area contributed by atoms with Crippen LogP contribution in [0.15, 0.2) is 54.1 Å². The minimum absolute atomic E-state index is 0.00946. The molecule has 2 unspecified atom stereocenters. The summed E-state index contributed by atoms with van der Waals surface area (Å²) in [4.78, 5) is 35.1. The summed E-state index contributed by atoms with van der Waals surface area (Å²) in [6.07, 6.45) is 6.43. The molecule has 7 heteroatoms. The van der Waals surface area contributed by atoms with Gasteiger partial charge in [-0.2, -0.15) is 0 Å². The van der Waals surface area contributed by atoms with E-state index in [9.17, 15) is 14.4 Å². The molecular weight excluding hydrogens is 346 g/mol. The maximum Gasteiger partial charge on any atom is 0.258 e. The summed E-state index contributed by atoms with van der Waals surface area (Å²) in [6.45, 7) is 3.31. The smallest absolute Gasteiger partial charge is 0.258 e. The topological polar surface area (TPSA) is 96.5 Å². The lowest BCUT2D eigenvalue weighted by Crippen LogP contribution is -2.46. The summed E-state index contributed by atoms with van der Waals surface area (Å²) >= 11 is 0. The van der Waals surface area contributed by atoms with Crippen molar-refractivity contribution in [3.63, 3.8) is 0 Å². The molecule has 3 N–H and O–H groups in total. The van der Waals surface area contributed by atoms with Gasteiger partial charge in [-0.1, -0.05) is 36.4 Å². The van der Waals surface area contributed by atoms with Crippen molar-refractivity contribution in [3.05, 3.63) is 54.1 Å². The van der Waals surface area contributed by atoms with Crippen LogP contribution in [0.4, 0.5) is 0 Å². The lowest BCUT2D eigenvalue weighted by atomic mass is 10.0. The van der Waals surface area contributed by atoms with Crippen molar-refractivity contribution in [1.82, 2.24) is 16.0 Å². The van der Waals surface area contributed by atoms with Gasteiger partial charge in [0.15, 0.2) is 6.61 Å². The summed E-state index contributed by atoms with van der Waals surface area (Å²) in [5, 5.41) is 8.20. The highest BCUT2D eigenvalue weighted by molar-refractivity contribution is 5.87. The molecule has 0 aliphatic heterocycles. The first-order chi connectivity index (χ1) is 12.9. The number of hydrogen-bond donors (Lipinski definition) is 3. The normalized spacial score (nSPS) is 16.7. The van der Waals surface area contributed by atoms with Gasteiger partial charge in [-0.15, -0.1) is 0 Å². The maximum atomic E-state index is 12.1. The number of benzene rings is 1. The van der Waals surface area contributed by atoms with Crippen molar-refractivity contribution in [2.75, 3.05) is 13.2 Å². The zero-order valence-electron chi connectivity index (χ0n) is 15.5. The van der Waals surface area contributed by atoms with Crippen molar-refractivity contribution in [3.8, 4) is 5.75 Å². The number of hydrogen-bond acceptors (Lipinski definition) is 4. The number of rotatable bonds is 8. The van der Waals surface area contributed by atoms with Gasteiger partial charge in [-0.25, -0.2) is 0 Å². The zero-order valence-corrected chi connectivity index (χ0v) is 15.5. The fourth-order valence-corrected chi connectivity index (χ4v) is 2.52. The molecule has 0 saturated heterocycles. The van der Waals surface area contributed by atoms with Gasteiger partial charge in [0.2, 0.25) is 11.8 Å². The van der Waals surface area contributed by atoms with Gasteiger partial charge in [-0.3, -0.25) is 14.4 Å². The number of para-hydroxylation sites is 1. The highest BCUT2D eigenvalue weighted by atomic mass is 16.5. The minimum atomic E-state index is -0.669. The Morgan fingerprint density at radius 3 is 2.59 bits per heavy atom.